The molecule has 2 N–H and O–H groups in total. The molecule has 1 aromatic carbocycles. The van der Waals surface area contributed by atoms with Gasteiger partial charge in [-0.25, -0.2) is 13.1 Å². The molecule has 0 aliphatic heterocycles. The lowest BCUT2D eigenvalue weighted by molar-refractivity contribution is -0.137. The molecular formula is C12H16ClNO4S. The van der Waals surface area contributed by atoms with Crippen LogP contribution < -0.4 is 4.72 Å². The zero-order chi connectivity index (χ0) is 14.8. The second kappa shape index (κ2) is 5.90. The Bertz CT molecular complexity index is 598. The molecule has 0 fully saturated rings. The third kappa shape index (κ3) is 4.19. The summed E-state index contributed by atoms with van der Waals surface area (Å²) in [6.45, 7) is 4.85. The van der Waals surface area contributed by atoms with Crippen LogP contribution in [0, 0.1) is 13.8 Å². The summed E-state index contributed by atoms with van der Waals surface area (Å²) in [5.41, 5.74) is 1.17. The summed E-state index contributed by atoms with van der Waals surface area (Å²) >= 11 is 5.92. The van der Waals surface area contributed by atoms with Gasteiger partial charge in [0.25, 0.3) is 0 Å². The minimum atomic E-state index is -3.75. The summed E-state index contributed by atoms with van der Waals surface area (Å²) in [7, 11) is -3.75. The number of halogens is 1. The molecule has 0 aromatic heterocycles. The highest BCUT2D eigenvalue weighted by atomic mass is 35.5. The molecular weight excluding hydrogens is 290 g/mol. The topological polar surface area (TPSA) is 83.5 Å². The van der Waals surface area contributed by atoms with Gasteiger partial charge >= 0.3 is 5.97 Å². The lowest BCUT2D eigenvalue weighted by atomic mass is 10.2. The number of carboxylic acid groups (broad SMARTS) is 1. The highest BCUT2D eigenvalue weighted by Gasteiger charge is 2.21. The van der Waals surface area contributed by atoms with Crippen LogP contribution in [0.2, 0.25) is 5.02 Å². The van der Waals surface area contributed by atoms with Gasteiger partial charge in [-0.2, -0.15) is 0 Å². The lowest BCUT2D eigenvalue weighted by Crippen LogP contribution is -2.34. The van der Waals surface area contributed by atoms with Gasteiger partial charge in [-0.05, 0) is 44.0 Å². The highest BCUT2D eigenvalue weighted by molar-refractivity contribution is 7.89. The van der Waals surface area contributed by atoms with Gasteiger partial charge in [-0.1, -0.05) is 11.6 Å². The molecule has 1 atom stereocenters. The third-order valence-electron chi connectivity index (χ3n) is 2.58. The van der Waals surface area contributed by atoms with Crippen molar-refractivity contribution in [2.45, 2.75) is 38.1 Å². The van der Waals surface area contributed by atoms with E-state index in [2.05, 4.69) is 4.72 Å². The molecule has 0 spiro atoms. The Hall–Kier alpha value is -1.11. The normalized spacial score (nSPS) is 13.3. The molecule has 0 aliphatic carbocycles. The monoisotopic (exact) mass is 305 g/mol. The molecule has 0 aliphatic rings. The molecule has 106 valence electrons. The maximum Gasteiger partial charge on any atom is 0.304 e. The van der Waals surface area contributed by atoms with Crippen LogP contribution in [0.1, 0.15) is 24.5 Å². The van der Waals surface area contributed by atoms with Crippen LogP contribution in [-0.2, 0) is 14.8 Å². The predicted octanol–water partition coefficient (Wildman–Crippen LogP) is 2.10. The van der Waals surface area contributed by atoms with Gasteiger partial charge in [0.15, 0.2) is 0 Å². The fourth-order valence-electron chi connectivity index (χ4n) is 1.68. The summed E-state index contributed by atoms with van der Waals surface area (Å²) in [4.78, 5) is 10.7. The molecule has 0 amide bonds. The SMILES string of the molecule is Cc1cc(S(=O)(=O)N[C@@H](C)CC(=O)O)c(C)cc1Cl. The zero-order valence-electron chi connectivity index (χ0n) is 10.9. The number of hydrogen-bond acceptors (Lipinski definition) is 3. The minimum absolute atomic E-state index is 0.117. The molecule has 0 saturated heterocycles. The maximum absolute atomic E-state index is 12.2. The Morgan fingerprint density at radius 2 is 1.95 bits per heavy atom. The van der Waals surface area contributed by atoms with Crippen molar-refractivity contribution in [2.24, 2.45) is 0 Å². The largest absolute Gasteiger partial charge is 0.481 e. The Morgan fingerprint density at radius 1 is 1.37 bits per heavy atom. The van der Waals surface area contributed by atoms with Crippen LogP contribution >= 0.6 is 11.6 Å². The van der Waals surface area contributed by atoms with Crippen LogP contribution in [0.4, 0.5) is 0 Å². The molecule has 7 heteroatoms. The first-order chi connectivity index (χ1) is 8.63. The number of sulfonamides is 1. The Balaban J connectivity index is 3.07. The van der Waals surface area contributed by atoms with E-state index in [9.17, 15) is 13.2 Å². The van der Waals surface area contributed by atoms with Gasteiger partial charge in [-0.3, -0.25) is 4.79 Å². The van der Waals surface area contributed by atoms with E-state index in [4.69, 9.17) is 16.7 Å². The average Bonchev–Trinajstić information content (AvgIpc) is 2.20. The van der Waals surface area contributed by atoms with Gasteiger partial charge in [0.2, 0.25) is 10.0 Å². The molecule has 0 saturated carbocycles. The van der Waals surface area contributed by atoms with Crippen LogP contribution in [-0.4, -0.2) is 25.5 Å². The summed E-state index contributed by atoms with van der Waals surface area (Å²) in [5.74, 6) is -1.06. The van der Waals surface area contributed by atoms with Crippen LogP contribution in [0.5, 0.6) is 0 Å². The third-order valence-corrected chi connectivity index (χ3v) is 4.72. The molecule has 5 nitrogen and oxygen atoms in total. The fourth-order valence-corrected chi connectivity index (χ4v) is 3.45. The van der Waals surface area contributed by atoms with E-state index in [0.717, 1.165) is 0 Å². The second-order valence-corrected chi connectivity index (χ2v) is 6.58. The Morgan fingerprint density at radius 3 is 2.47 bits per heavy atom. The van der Waals surface area contributed by atoms with Gasteiger partial charge in [0.1, 0.15) is 0 Å². The van der Waals surface area contributed by atoms with Gasteiger partial charge in [0.05, 0.1) is 11.3 Å². The first-order valence-electron chi connectivity index (χ1n) is 5.64. The van der Waals surface area contributed by atoms with Crippen molar-refractivity contribution >= 4 is 27.6 Å². The quantitative estimate of drug-likeness (QED) is 0.872. The Kier molecular flexibility index (Phi) is 4.95. The van der Waals surface area contributed by atoms with Crippen molar-refractivity contribution in [3.63, 3.8) is 0 Å². The first-order valence-corrected chi connectivity index (χ1v) is 7.50. The van der Waals surface area contributed by atoms with E-state index in [1.54, 1.807) is 19.9 Å². The standard InChI is InChI=1S/C12H16ClNO4S/c1-7-5-11(8(2)4-10(7)13)19(17,18)14-9(3)6-12(15)16/h4-5,9,14H,6H2,1-3H3,(H,15,16)/t9-/m0/s1. The molecule has 0 radical (unpaired) electrons. The summed E-state index contributed by atoms with van der Waals surface area (Å²) < 4.78 is 26.7. The van der Waals surface area contributed by atoms with Crippen molar-refractivity contribution in [3.8, 4) is 0 Å². The van der Waals surface area contributed by atoms with Crippen LogP contribution in [0.3, 0.4) is 0 Å². The number of aryl methyl sites for hydroxylation is 2. The highest BCUT2D eigenvalue weighted by Crippen LogP contribution is 2.24. The van der Waals surface area contributed by atoms with Gasteiger partial charge in [0, 0.05) is 11.1 Å². The first kappa shape index (κ1) is 15.9. The Labute approximate surface area is 117 Å². The van der Waals surface area contributed by atoms with Gasteiger partial charge < -0.3 is 5.11 Å². The summed E-state index contributed by atoms with van der Waals surface area (Å²) in [6, 6.07) is 2.37. The van der Waals surface area contributed by atoms with Crippen molar-refractivity contribution in [3.05, 3.63) is 28.3 Å². The van der Waals surface area contributed by atoms with E-state index in [-0.39, 0.29) is 11.3 Å². The smallest absolute Gasteiger partial charge is 0.304 e. The van der Waals surface area contributed by atoms with Gasteiger partial charge in [-0.15, -0.1) is 0 Å². The second-order valence-electron chi connectivity index (χ2n) is 4.49. The van der Waals surface area contributed by atoms with Crippen LogP contribution in [0.15, 0.2) is 17.0 Å². The molecule has 19 heavy (non-hydrogen) atoms. The molecule has 1 aromatic rings. The molecule has 0 heterocycles. The number of nitrogens with one attached hydrogen (secondary N) is 1. The maximum atomic E-state index is 12.2. The van der Waals surface area contributed by atoms with E-state index < -0.39 is 22.0 Å². The van der Waals surface area contributed by atoms with E-state index >= 15 is 0 Å². The van der Waals surface area contributed by atoms with Crippen molar-refractivity contribution in [1.82, 2.24) is 4.72 Å². The predicted molar refractivity (Wildman–Crippen MR) is 73.0 cm³/mol. The fraction of sp³-hybridized carbons (Fsp3) is 0.417. The minimum Gasteiger partial charge on any atom is -0.481 e. The number of aliphatic carboxylic acids is 1. The average molecular weight is 306 g/mol. The van der Waals surface area contributed by atoms with E-state index in [1.807, 2.05) is 0 Å². The van der Waals surface area contributed by atoms with Crippen molar-refractivity contribution in [2.75, 3.05) is 0 Å². The molecule has 1 rings (SSSR count). The summed E-state index contributed by atoms with van der Waals surface area (Å²) in [5, 5.41) is 9.13. The van der Waals surface area contributed by atoms with Crippen molar-refractivity contribution in [1.29, 1.82) is 0 Å². The lowest BCUT2D eigenvalue weighted by Gasteiger charge is -2.14. The molecule has 0 unspecified atom stereocenters. The zero-order valence-corrected chi connectivity index (χ0v) is 12.5. The number of rotatable bonds is 5. The summed E-state index contributed by atoms with van der Waals surface area (Å²) in [6.07, 6.45) is -0.273. The number of carbonyl (C=O) groups is 1. The van der Waals surface area contributed by atoms with Crippen molar-refractivity contribution < 1.29 is 18.3 Å². The number of benzene rings is 1. The number of carboxylic acids is 1. The molecule has 0 bridgehead atoms. The van der Waals surface area contributed by atoms with Crippen LogP contribution in [0.25, 0.3) is 0 Å². The van der Waals surface area contributed by atoms with E-state index in [0.29, 0.717) is 16.1 Å². The number of hydrogen-bond donors (Lipinski definition) is 2. The van der Waals surface area contributed by atoms with E-state index in [1.165, 1.54) is 13.0 Å².